The van der Waals surface area contributed by atoms with E-state index in [0.29, 0.717) is 29.1 Å². The van der Waals surface area contributed by atoms with Crippen LogP contribution in [-0.2, 0) is 16.6 Å². The summed E-state index contributed by atoms with van der Waals surface area (Å²) in [6.45, 7) is 2.13. The first-order chi connectivity index (χ1) is 14.8. The summed E-state index contributed by atoms with van der Waals surface area (Å²) in [4.78, 5) is 13.9. The van der Waals surface area contributed by atoms with Crippen molar-refractivity contribution in [2.45, 2.75) is 23.3 Å². The van der Waals surface area contributed by atoms with Crippen LogP contribution in [0.15, 0.2) is 76.5 Å². The zero-order chi connectivity index (χ0) is 22.4. The molecular formula is C23H24N2O4S2. The number of hydrogen-bond donors (Lipinski definition) is 2. The Morgan fingerprint density at radius 3 is 2.29 bits per heavy atom. The van der Waals surface area contributed by atoms with Gasteiger partial charge in [0, 0.05) is 22.7 Å². The number of aryl methyl sites for hydroxylation is 1. The number of sulfonamides is 1. The van der Waals surface area contributed by atoms with E-state index in [2.05, 4.69) is 10.0 Å². The zero-order valence-electron chi connectivity index (χ0n) is 17.5. The number of hydrogen-bond acceptors (Lipinski definition) is 5. The van der Waals surface area contributed by atoms with Crippen LogP contribution in [0.2, 0.25) is 0 Å². The van der Waals surface area contributed by atoms with Crippen LogP contribution in [0.3, 0.4) is 0 Å². The van der Waals surface area contributed by atoms with Crippen LogP contribution >= 0.6 is 11.8 Å². The molecule has 2 N–H and O–H groups in total. The van der Waals surface area contributed by atoms with E-state index in [0.717, 1.165) is 10.5 Å². The van der Waals surface area contributed by atoms with Crippen molar-refractivity contribution in [2.24, 2.45) is 0 Å². The van der Waals surface area contributed by atoms with Gasteiger partial charge in [-0.2, -0.15) is 0 Å². The Labute approximate surface area is 187 Å². The van der Waals surface area contributed by atoms with Crippen molar-refractivity contribution in [1.82, 2.24) is 5.32 Å². The van der Waals surface area contributed by atoms with E-state index in [1.165, 1.54) is 19.2 Å². The van der Waals surface area contributed by atoms with Crippen molar-refractivity contribution < 1.29 is 17.9 Å². The molecule has 0 aromatic heterocycles. The molecule has 3 rings (SSSR count). The number of ether oxygens (including phenoxy) is 1. The van der Waals surface area contributed by atoms with Gasteiger partial charge in [0.1, 0.15) is 5.75 Å². The van der Waals surface area contributed by atoms with Crippen LogP contribution < -0.4 is 14.8 Å². The van der Waals surface area contributed by atoms with Gasteiger partial charge >= 0.3 is 0 Å². The van der Waals surface area contributed by atoms with E-state index in [4.69, 9.17) is 4.74 Å². The Kier molecular flexibility index (Phi) is 7.25. The molecule has 0 heterocycles. The van der Waals surface area contributed by atoms with Crippen LogP contribution in [0.5, 0.6) is 5.75 Å². The van der Waals surface area contributed by atoms with Crippen LogP contribution in [0, 0.1) is 6.92 Å². The predicted molar refractivity (Wildman–Crippen MR) is 124 cm³/mol. The summed E-state index contributed by atoms with van der Waals surface area (Å²) in [5, 5.41) is 2.86. The number of carbonyl (C=O) groups is 1. The first-order valence-electron chi connectivity index (χ1n) is 9.51. The fourth-order valence-corrected chi connectivity index (χ4v) is 4.40. The molecule has 0 aliphatic heterocycles. The van der Waals surface area contributed by atoms with Crippen LogP contribution in [0.1, 0.15) is 21.5 Å². The largest absolute Gasteiger partial charge is 0.497 e. The second kappa shape index (κ2) is 9.89. The maximum absolute atomic E-state index is 12.8. The number of amides is 1. The molecule has 0 spiro atoms. The molecule has 6 nitrogen and oxygen atoms in total. The van der Waals surface area contributed by atoms with Crippen LogP contribution in [0.4, 0.5) is 5.69 Å². The minimum absolute atomic E-state index is 0.0170. The second-order valence-corrected chi connectivity index (χ2v) is 9.40. The molecule has 0 aliphatic rings. The van der Waals surface area contributed by atoms with Crippen molar-refractivity contribution >= 4 is 33.4 Å². The Balaban J connectivity index is 1.75. The Bertz CT molecular complexity index is 1160. The molecular weight excluding hydrogens is 432 g/mol. The second-order valence-electron chi connectivity index (χ2n) is 6.84. The Morgan fingerprint density at radius 1 is 1.00 bits per heavy atom. The van der Waals surface area contributed by atoms with Crippen LogP contribution in [-0.4, -0.2) is 27.7 Å². The van der Waals surface area contributed by atoms with Crippen molar-refractivity contribution in [3.63, 3.8) is 0 Å². The molecule has 162 valence electrons. The fraction of sp³-hybridized carbons (Fsp3) is 0.174. The lowest BCUT2D eigenvalue weighted by Crippen LogP contribution is -2.24. The number of nitrogens with one attached hydrogen (secondary N) is 2. The van der Waals surface area contributed by atoms with Gasteiger partial charge in [-0.3, -0.25) is 9.52 Å². The molecule has 0 radical (unpaired) electrons. The van der Waals surface area contributed by atoms with E-state index >= 15 is 0 Å². The molecule has 3 aromatic rings. The zero-order valence-corrected chi connectivity index (χ0v) is 19.1. The number of thioether (sulfide) groups is 1. The van der Waals surface area contributed by atoms with Gasteiger partial charge in [-0.1, -0.05) is 18.2 Å². The molecule has 8 heteroatoms. The lowest BCUT2D eigenvalue weighted by atomic mass is 10.1. The van der Waals surface area contributed by atoms with E-state index < -0.39 is 10.0 Å². The maximum atomic E-state index is 12.8. The van der Waals surface area contributed by atoms with Crippen LogP contribution in [0.25, 0.3) is 0 Å². The Morgan fingerprint density at radius 2 is 1.68 bits per heavy atom. The number of carbonyl (C=O) groups excluding carboxylic acids is 1. The third-order valence-corrected chi connectivity index (χ3v) is 6.84. The van der Waals surface area contributed by atoms with E-state index in [1.807, 2.05) is 30.5 Å². The minimum Gasteiger partial charge on any atom is -0.497 e. The summed E-state index contributed by atoms with van der Waals surface area (Å²) in [5.41, 5.74) is 2.38. The average molecular weight is 457 g/mol. The van der Waals surface area contributed by atoms with Crippen molar-refractivity contribution in [1.29, 1.82) is 0 Å². The molecule has 3 aromatic carbocycles. The van der Waals surface area contributed by atoms with E-state index in [-0.39, 0.29) is 10.8 Å². The first-order valence-corrected chi connectivity index (χ1v) is 12.2. The maximum Gasteiger partial charge on any atom is 0.261 e. The highest BCUT2D eigenvalue weighted by atomic mass is 32.2. The van der Waals surface area contributed by atoms with Crippen molar-refractivity contribution in [3.8, 4) is 5.75 Å². The molecule has 0 aliphatic carbocycles. The fourth-order valence-electron chi connectivity index (χ4n) is 2.91. The lowest BCUT2D eigenvalue weighted by Gasteiger charge is -2.12. The highest BCUT2D eigenvalue weighted by Crippen LogP contribution is 2.21. The minimum atomic E-state index is -3.85. The van der Waals surface area contributed by atoms with Gasteiger partial charge in [-0.15, -0.1) is 11.8 Å². The highest BCUT2D eigenvalue weighted by molar-refractivity contribution is 7.98. The van der Waals surface area contributed by atoms with Gasteiger partial charge in [0.05, 0.1) is 12.0 Å². The quantitative estimate of drug-likeness (QED) is 0.489. The number of anilines is 1. The van der Waals surface area contributed by atoms with Gasteiger partial charge in [0.25, 0.3) is 15.9 Å². The van der Waals surface area contributed by atoms with Gasteiger partial charge in [0.2, 0.25) is 0 Å². The SMILES string of the molecule is COc1ccc(NS(=O)(=O)c2ccc(C)c(C(=O)NCc3ccc(SC)cc3)c2)cc1. The smallest absolute Gasteiger partial charge is 0.261 e. The summed E-state index contributed by atoms with van der Waals surface area (Å²) < 4.78 is 33.2. The highest BCUT2D eigenvalue weighted by Gasteiger charge is 2.18. The number of rotatable bonds is 8. The monoisotopic (exact) mass is 456 g/mol. The Hall–Kier alpha value is -2.97. The third-order valence-electron chi connectivity index (χ3n) is 4.72. The van der Waals surface area contributed by atoms with Crippen molar-refractivity contribution in [2.75, 3.05) is 18.1 Å². The molecule has 0 saturated heterocycles. The summed E-state index contributed by atoms with van der Waals surface area (Å²) in [5.74, 6) is 0.299. The third kappa shape index (κ3) is 5.80. The summed E-state index contributed by atoms with van der Waals surface area (Å²) in [7, 11) is -2.31. The van der Waals surface area contributed by atoms with Gasteiger partial charge in [0.15, 0.2) is 0 Å². The average Bonchev–Trinajstić information content (AvgIpc) is 2.78. The molecule has 0 saturated carbocycles. The summed E-state index contributed by atoms with van der Waals surface area (Å²) in [6, 6.07) is 19.0. The topological polar surface area (TPSA) is 84.5 Å². The molecule has 0 bridgehead atoms. The lowest BCUT2D eigenvalue weighted by molar-refractivity contribution is 0.0950. The molecule has 0 fully saturated rings. The molecule has 31 heavy (non-hydrogen) atoms. The van der Waals surface area contributed by atoms with E-state index in [9.17, 15) is 13.2 Å². The van der Waals surface area contributed by atoms with Gasteiger partial charge < -0.3 is 10.1 Å². The first kappa shape index (κ1) is 22.7. The standard InChI is InChI=1S/C23H24N2O4S2/c1-16-4-13-21(31(27,28)25-18-7-9-19(29-2)10-8-18)14-22(16)23(26)24-15-17-5-11-20(30-3)12-6-17/h4-14,25H,15H2,1-3H3,(H,24,26). The van der Waals surface area contributed by atoms with Gasteiger partial charge in [-0.05, 0) is 72.8 Å². The van der Waals surface area contributed by atoms with E-state index in [1.54, 1.807) is 49.0 Å². The number of methoxy groups -OCH3 is 1. The summed E-state index contributed by atoms with van der Waals surface area (Å²) in [6.07, 6.45) is 2.00. The summed E-state index contributed by atoms with van der Waals surface area (Å²) >= 11 is 1.65. The normalized spacial score (nSPS) is 11.1. The number of benzene rings is 3. The molecule has 0 unspecified atom stereocenters. The van der Waals surface area contributed by atoms with Gasteiger partial charge in [-0.25, -0.2) is 8.42 Å². The molecule has 1 amide bonds. The van der Waals surface area contributed by atoms with Crippen molar-refractivity contribution in [3.05, 3.63) is 83.4 Å². The predicted octanol–water partition coefficient (Wildman–Crippen LogP) is 4.46. The molecule has 0 atom stereocenters.